The van der Waals surface area contributed by atoms with Gasteiger partial charge in [-0.2, -0.15) is 0 Å². The van der Waals surface area contributed by atoms with Crippen molar-refractivity contribution in [2.24, 2.45) is 0 Å². The Kier molecular flexibility index (Phi) is 1.93. The molecule has 0 atom stereocenters. The molecule has 13 heavy (non-hydrogen) atoms. The molecule has 1 nitrogen and oxygen atoms in total. The van der Waals surface area contributed by atoms with Gasteiger partial charge in [-0.15, -0.1) is 0 Å². The molecular formula is C12H13N. The second-order valence-corrected chi connectivity index (χ2v) is 3.28. The van der Waals surface area contributed by atoms with E-state index in [1.807, 2.05) is 7.05 Å². The smallest absolute Gasteiger partial charge is 0.0417 e. The van der Waals surface area contributed by atoms with Crippen LogP contribution in [-0.4, -0.2) is 7.05 Å². The minimum Gasteiger partial charge on any atom is -0.388 e. The fourth-order valence-electron chi connectivity index (χ4n) is 1.62. The van der Waals surface area contributed by atoms with E-state index in [1.54, 1.807) is 0 Å². The van der Waals surface area contributed by atoms with Gasteiger partial charge < -0.3 is 5.32 Å². The first-order valence-corrected chi connectivity index (χ1v) is 4.48. The Morgan fingerprint density at radius 2 is 1.92 bits per heavy atom. The van der Waals surface area contributed by atoms with Gasteiger partial charge in [0.1, 0.15) is 0 Å². The number of benzene rings is 2. The molecule has 0 radical (unpaired) electrons. The monoisotopic (exact) mass is 171 g/mol. The van der Waals surface area contributed by atoms with Gasteiger partial charge in [0.25, 0.3) is 0 Å². The van der Waals surface area contributed by atoms with Gasteiger partial charge in [-0.3, -0.25) is 0 Å². The average Bonchev–Trinajstić information content (AvgIpc) is 2.16. The maximum Gasteiger partial charge on any atom is 0.0417 e. The third-order valence-electron chi connectivity index (χ3n) is 2.31. The van der Waals surface area contributed by atoms with E-state index in [4.69, 9.17) is 0 Å². The summed E-state index contributed by atoms with van der Waals surface area (Å²) in [5.41, 5.74) is 2.50. The predicted octanol–water partition coefficient (Wildman–Crippen LogP) is 3.19. The van der Waals surface area contributed by atoms with Gasteiger partial charge in [0, 0.05) is 18.1 Å². The summed E-state index contributed by atoms with van der Waals surface area (Å²) in [6.45, 7) is 2.12. The Bertz CT molecular complexity index is 432. The van der Waals surface area contributed by atoms with Gasteiger partial charge in [0.05, 0.1) is 0 Å². The molecule has 2 aromatic rings. The summed E-state index contributed by atoms with van der Waals surface area (Å²) in [7, 11) is 1.95. The fourth-order valence-corrected chi connectivity index (χ4v) is 1.62. The van der Waals surface area contributed by atoms with Gasteiger partial charge in [0.2, 0.25) is 0 Å². The second kappa shape index (κ2) is 3.09. The highest BCUT2D eigenvalue weighted by molar-refractivity contribution is 5.94. The van der Waals surface area contributed by atoms with Crippen LogP contribution in [-0.2, 0) is 0 Å². The maximum absolute atomic E-state index is 3.19. The Balaban J connectivity index is 2.77. The Labute approximate surface area is 78.4 Å². The molecule has 1 N–H and O–H groups in total. The quantitative estimate of drug-likeness (QED) is 0.694. The summed E-state index contributed by atoms with van der Waals surface area (Å²) in [6, 6.07) is 12.8. The van der Waals surface area contributed by atoms with E-state index < -0.39 is 0 Å². The summed E-state index contributed by atoms with van der Waals surface area (Å²) < 4.78 is 0. The third-order valence-corrected chi connectivity index (χ3v) is 2.31. The number of rotatable bonds is 1. The van der Waals surface area contributed by atoms with Crippen LogP contribution < -0.4 is 5.32 Å². The molecule has 1 heteroatoms. The highest BCUT2D eigenvalue weighted by Crippen LogP contribution is 2.23. The topological polar surface area (TPSA) is 12.0 Å². The molecule has 0 saturated carbocycles. The van der Waals surface area contributed by atoms with Crippen molar-refractivity contribution in [2.45, 2.75) is 6.92 Å². The van der Waals surface area contributed by atoms with Crippen molar-refractivity contribution in [3.05, 3.63) is 42.0 Å². The average molecular weight is 171 g/mol. The number of fused-ring (bicyclic) bond motifs is 1. The van der Waals surface area contributed by atoms with Crippen molar-refractivity contribution in [1.82, 2.24) is 0 Å². The highest BCUT2D eigenvalue weighted by atomic mass is 14.8. The molecule has 0 spiro atoms. The maximum atomic E-state index is 3.19. The summed E-state index contributed by atoms with van der Waals surface area (Å²) in [5.74, 6) is 0. The van der Waals surface area contributed by atoms with Crippen LogP contribution in [0.4, 0.5) is 5.69 Å². The van der Waals surface area contributed by atoms with Crippen LogP contribution in [0.15, 0.2) is 36.4 Å². The van der Waals surface area contributed by atoms with E-state index in [-0.39, 0.29) is 0 Å². The number of aryl methyl sites for hydroxylation is 1. The zero-order chi connectivity index (χ0) is 9.26. The van der Waals surface area contributed by atoms with Gasteiger partial charge in [-0.05, 0) is 18.4 Å². The van der Waals surface area contributed by atoms with Crippen LogP contribution >= 0.6 is 0 Å². The van der Waals surface area contributed by atoms with Crippen LogP contribution in [0, 0.1) is 6.92 Å². The van der Waals surface area contributed by atoms with Gasteiger partial charge in [-0.25, -0.2) is 0 Å². The van der Waals surface area contributed by atoms with E-state index in [2.05, 4.69) is 48.6 Å². The van der Waals surface area contributed by atoms with Crippen molar-refractivity contribution in [1.29, 1.82) is 0 Å². The number of hydrogen-bond donors (Lipinski definition) is 1. The number of hydrogen-bond acceptors (Lipinski definition) is 1. The molecule has 0 fully saturated rings. The SMILES string of the molecule is CNc1cccc2cc(C)ccc12. The van der Waals surface area contributed by atoms with Crippen LogP contribution in [0.2, 0.25) is 0 Å². The molecule has 0 aliphatic rings. The van der Waals surface area contributed by atoms with Gasteiger partial charge >= 0.3 is 0 Å². The lowest BCUT2D eigenvalue weighted by Gasteiger charge is -2.05. The molecule has 0 amide bonds. The van der Waals surface area contributed by atoms with E-state index in [9.17, 15) is 0 Å². The Hall–Kier alpha value is -1.50. The largest absolute Gasteiger partial charge is 0.388 e. The second-order valence-electron chi connectivity index (χ2n) is 3.28. The lowest BCUT2D eigenvalue weighted by molar-refractivity contribution is 1.49. The first kappa shape index (κ1) is 8.11. The van der Waals surface area contributed by atoms with Gasteiger partial charge in [-0.1, -0.05) is 35.9 Å². The third kappa shape index (κ3) is 1.37. The zero-order valence-corrected chi connectivity index (χ0v) is 7.96. The van der Waals surface area contributed by atoms with Gasteiger partial charge in [0.15, 0.2) is 0 Å². The summed E-state index contributed by atoms with van der Waals surface area (Å²) in [6.07, 6.45) is 0. The van der Waals surface area contributed by atoms with Crippen LogP contribution in [0.5, 0.6) is 0 Å². The number of anilines is 1. The molecule has 0 bridgehead atoms. The van der Waals surface area contributed by atoms with E-state index >= 15 is 0 Å². The minimum atomic E-state index is 1.19. The molecule has 0 aliphatic heterocycles. The standard InChI is InChI=1S/C12H13N/c1-9-6-7-11-10(8-9)4-3-5-12(11)13-2/h3-8,13H,1-2H3. The Morgan fingerprint density at radius 3 is 2.69 bits per heavy atom. The lowest BCUT2D eigenvalue weighted by atomic mass is 10.1. The number of nitrogens with one attached hydrogen (secondary N) is 1. The predicted molar refractivity (Wildman–Crippen MR) is 58.2 cm³/mol. The summed E-state index contributed by atoms with van der Waals surface area (Å²) in [5, 5.41) is 5.78. The molecular weight excluding hydrogens is 158 g/mol. The zero-order valence-electron chi connectivity index (χ0n) is 7.96. The minimum absolute atomic E-state index is 1.19. The highest BCUT2D eigenvalue weighted by Gasteiger charge is 1.97. The van der Waals surface area contributed by atoms with Crippen LogP contribution in [0.25, 0.3) is 10.8 Å². The molecule has 0 aromatic heterocycles. The van der Waals surface area contributed by atoms with Crippen LogP contribution in [0.3, 0.4) is 0 Å². The van der Waals surface area contributed by atoms with Crippen LogP contribution in [0.1, 0.15) is 5.56 Å². The molecule has 0 saturated heterocycles. The molecule has 2 aromatic carbocycles. The first-order chi connectivity index (χ1) is 6.31. The fraction of sp³-hybridized carbons (Fsp3) is 0.167. The lowest BCUT2D eigenvalue weighted by Crippen LogP contribution is -1.88. The molecule has 0 aliphatic carbocycles. The van der Waals surface area contributed by atoms with Crippen molar-refractivity contribution in [3.8, 4) is 0 Å². The molecule has 0 unspecified atom stereocenters. The Morgan fingerprint density at radius 1 is 1.08 bits per heavy atom. The van der Waals surface area contributed by atoms with E-state index in [0.717, 1.165) is 0 Å². The first-order valence-electron chi connectivity index (χ1n) is 4.48. The van der Waals surface area contributed by atoms with Crippen molar-refractivity contribution in [3.63, 3.8) is 0 Å². The summed E-state index contributed by atoms with van der Waals surface area (Å²) >= 11 is 0. The van der Waals surface area contributed by atoms with Crippen molar-refractivity contribution in [2.75, 3.05) is 12.4 Å². The normalized spacial score (nSPS) is 10.3. The van der Waals surface area contributed by atoms with Crippen molar-refractivity contribution < 1.29 is 0 Å². The van der Waals surface area contributed by atoms with E-state index in [1.165, 1.54) is 22.0 Å². The van der Waals surface area contributed by atoms with Crippen molar-refractivity contribution >= 4 is 16.5 Å². The summed E-state index contributed by atoms with van der Waals surface area (Å²) in [4.78, 5) is 0. The molecule has 0 heterocycles. The molecule has 66 valence electrons. The molecule has 2 rings (SSSR count). The van der Waals surface area contributed by atoms with E-state index in [0.29, 0.717) is 0 Å².